The Kier molecular flexibility index (Phi) is 7.92. The summed E-state index contributed by atoms with van der Waals surface area (Å²) in [6.07, 6.45) is 8.34. The van der Waals surface area contributed by atoms with E-state index in [-0.39, 0.29) is 23.6 Å². The van der Waals surface area contributed by atoms with Gasteiger partial charge in [-0.3, -0.25) is 9.59 Å². The SMILES string of the molecule is CCC1(Nc2cc(Cl)cc(C(=O)NCc3c(C)cc(C)[nH]c3=O)c2C)CCC(N2CCCC2)CC1. The third kappa shape index (κ3) is 5.75. The third-order valence-corrected chi connectivity index (χ3v) is 8.40. The lowest BCUT2D eigenvalue weighted by molar-refractivity contribution is 0.0950. The molecule has 1 aliphatic heterocycles. The van der Waals surface area contributed by atoms with Gasteiger partial charge in [-0.25, -0.2) is 0 Å². The molecule has 0 radical (unpaired) electrons. The van der Waals surface area contributed by atoms with Crippen LogP contribution in [0.5, 0.6) is 0 Å². The van der Waals surface area contributed by atoms with E-state index in [9.17, 15) is 9.59 Å². The van der Waals surface area contributed by atoms with Crippen LogP contribution in [-0.2, 0) is 6.54 Å². The number of hydrogen-bond acceptors (Lipinski definition) is 4. The van der Waals surface area contributed by atoms with Gasteiger partial charge in [0.15, 0.2) is 0 Å². The van der Waals surface area contributed by atoms with Crippen LogP contribution < -0.4 is 16.2 Å². The molecule has 7 heteroatoms. The Morgan fingerprint density at radius 3 is 2.46 bits per heavy atom. The molecule has 1 amide bonds. The van der Waals surface area contributed by atoms with Gasteiger partial charge in [-0.2, -0.15) is 0 Å². The number of hydrogen-bond donors (Lipinski definition) is 3. The van der Waals surface area contributed by atoms with E-state index in [4.69, 9.17) is 11.6 Å². The van der Waals surface area contributed by atoms with Crippen LogP contribution in [-0.4, -0.2) is 40.5 Å². The summed E-state index contributed by atoms with van der Waals surface area (Å²) in [4.78, 5) is 31.0. The molecule has 35 heavy (non-hydrogen) atoms. The van der Waals surface area contributed by atoms with E-state index in [1.807, 2.05) is 32.9 Å². The summed E-state index contributed by atoms with van der Waals surface area (Å²) in [5.74, 6) is -0.226. The Morgan fingerprint density at radius 2 is 1.83 bits per heavy atom. The number of benzene rings is 1. The maximum Gasteiger partial charge on any atom is 0.253 e. The van der Waals surface area contributed by atoms with Crippen LogP contribution in [0.25, 0.3) is 0 Å². The maximum absolute atomic E-state index is 13.1. The first-order valence-corrected chi connectivity index (χ1v) is 13.4. The van der Waals surface area contributed by atoms with Crippen LogP contribution in [0, 0.1) is 20.8 Å². The van der Waals surface area contributed by atoms with Gasteiger partial charge in [0, 0.05) is 45.7 Å². The first-order chi connectivity index (χ1) is 16.7. The number of amides is 1. The minimum absolute atomic E-state index is 0.0196. The Bertz CT molecular complexity index is 1130. The fraction of sp³-hybridized carbons (Fsp3) is 0.571. The number of nitrogens with zero attached hydrogens (tertiary/aromatic N) is 1. The van der Waals surface area contributed by atoms with Crippen LogP contribution in [0.3, 0.4) is 0 Å². The Morgan fingerprint density at radius 1 is 1.14 bits per heavy atom. The van der Waals surface area contributed by atoms with Gasteiger partial charge in [0.05, 0.1) is 0 Å². The van der Waals surface area contributed by atoms with Gasteiger partial charge in [0.25, 0.3) is 11.5 Å². The van der Waals surface area contributed by atoms with Crippen LogP contribution in [0.15, 0.2) is 23.0 Å². The Labute approximate surface area is 213 Å². The first kappa shape index (κ1) is 25.8. The summed E-state index contributed by atoms with van der Waals surface area (Å²) < 4.78 is 0. The predicted molar refractivity (Wildman–Crippen MR) is 144 cm³/mol. The molecule has 3 N–H and O–H groups in total. The van der Waals surface area contributed by atoms with Crippen molar-refractivity contribution in [3.8, 4) is 0 Å². The molecular formula is C28H39ClN4O2. The van der Waals surface area contributed by atoms with Gasteiger partial charge in [-0.15, -0.1) is 0 Å². The van der Waals surface area contributed by atoms with Crippen LogP contribution in [0.4, 0.5) is 5.69 Å². The fourth-order valence-corrected chi connectivity index (χ4v) is 6.11. The number of aryl methyl sites for hydroxylation is 2. The molecule has 1 saturated heterocycles. The number of nitrogens with one attached hydrogen (secondary N) is 3. The van der Waals surface area contributed by atoms with Crippen molar-refractivity contribution < 1.29 is 4.79 Å². The van der Waals surface area contributed by atoms with Crippen molar-refractivity contribution in [3.63, 3.8) is 0 Å². The number of carbonyl (C=O) groups excluding carboxylic acids is 1. The van der Waals surface area contributed by atoms with Crippen molar-refractivity contribution in [2.75, 3.05) is 18.4 Å². The molecule has 1 aromatic carbocycles. The average Bonchev–Trinajstić information content (AvgIpc) is 3.36. The molecule has 2 aromatic rings. The predicted octanol–water partition coefficient (Wildman–Crippen LogP) is 5.48. The van der Waals surface area contributed by atoms with E-state index >= 15 is 0 Å². The summed E-state index contributed by atoms with van der Waals surface area (Å²) >= 11 is 6.48. The highest BCUT2D eigenvalue weighted by molar-refractivity contribution is 6.31. The zero-order valence-electron chi connectivity index (χ0n) is 21.5. The molecule has 0 spiro atoms. The number of anilines is 1. The number of likely N-dealkylation sites (tertiary alicyclic amines) is 1. The number of aromatic nitrogens is 1. The first-order valence-electron chi connectivity index (χ1n) is 13.0. The van der Waals surface area contributed by atoms with Gasteiger partial charge < -0.3 is 20.5 Å². The molecule has 2 aliphatic rings. The topological polar surface area (TPSA) is 77.2 Å². The van der Waals surface area contributed by atoms with Crippen molar-refractivity contribution in [3.05, 3.63) is 61.5 Å². The standard InChI is InChI=1S/C28H39ClN4O2/c1-5-28(10-8-22(9-11-28)33-12-6-7-13-33)32-25-16-21(29)15-23(20(25)4)26(34)30-17-24-18(2)14-19(3)31-27(24)35/h14-16,22,32H,5-13,17H2,1-4H3,(H,30,34)(H,31,35). The largest absolute Gasteiger partial charge is 0.379 e. The fourth-order valence-electron chi connectivity index (χ4n) is 5.89. The number of carbonyl (C=O) groups is 1. The summed E-state index contributed by atoms with van der Waals surface area (Å²) in [6, 6.07) is 6.27. The molecule has 6 nitrogen and oxygen atoms in total. The van der Waals surface area contributed by atoms with E-state index < -0.39 is 0 Å². The lowest BCUT2D eigenvalue weighted by atomic mass is 9.77. The van der Waals surface area contributed by atoms with Crippen molar-refractivity contribution in [1.29, 1.82) is 0 Å². The van der Waals surface area contributed by atoms with E-state index in [0.29, 0.717) is 22.2 Å². The smallest absolute Gasteiger partial charge is 0.253 e. The maximum atomic E-state index is 13.1. The van der Waals surface area contributed by atoms with Crippen molar-refractivity contribution in [2.24, 2.45) is 0 Å². The highest BCUT2D eigenvalue weighted by Crippen LogP contribution is 2.38. The molecule has 2 heterocycles. The molecular weight excluding hydrogens is 460 g/mol. The van der Waals surface area contributed by atoms with E-state index in [2.05, 4.69) is 27.4 Å². The third-order valence-electron chi connectivity index (χ3n) is 8.18. The zero-order valence-corrected chi connectivity index (χ0v) is 22.3. The minimum atomic E-state index is -0.226. The second-order valence-corrected chi connectivity index (χ2v) is 10.9. The van der Waals surface area contributed by atoms with Crippen molar-refractivity contribution >= 4 is 23.2 Å². The van der Waals surface area contributed by atoms with Gasteiger partial charge in [0.1, 0.15) is 0 Å². The van der Waals surface area contributed by atoms with E-state index in [1.54, 1.807) is 6.07 Å². The number of rotatable bonds is 7. The normalized spacial score (nSPS) is 22.8. The monoisotopic (exact) mass is 498 g/mol. The quantitative estimate of drug-likeness (QED) is 0.472. The Balaban J connectivity index is 1.48. The highest BCUT2D eigenvalue weighted by Gasteiger charge is 2.36. The van der Waals surface area contributed by atoms with E-state index in [1.165, 1.54) is 38.8 Å². The average molecular weight is 499 g/mol. The molecule has 1 aromatic heterocycles. The number of halogens is 1. The van der Waals surface area contributed by atoms with Gasteiger partial charge >= 0.3 is 0 Å². The molecule has 2 fully saturated rings. The van der Waals surface area contributed by atoms with Gasteiger partial charge in [-0.1, -0.05) is 18.5 Å². The van der Waals surface area contributed by atoms with Gasteiger partial charge in [0.2, 0.25) is 0 Å². The summed E-state index contributed by atoms with van der Waals surface area (Å²) in [5, 5.41) is 7.28. The highest BCUT2D eigenvalue weighted by atomic mass is 35.5. The second kappa shape index (κ2) is 10.8. The molecule has 0 atom stereocenters. The summed E-state index contributed by atoms with van der Waals surface area (Å²) in [6.45, 7) is 10.6. The zero-order chi connectivity index (χ0) is 25.2. The molecule has 0 unspecified atom stereocenters. The number of pyridine rings is 1. The summed E-state index contributed by atoms with van der Waals surface area (Å²) in [7, 11) is 0. The molecule has 190 valence electrons. The minimum Gasteiger partial charge on any atom is -0.379 e. The molecule has 4 rings (SSSR count). The van der Waals surface area contributed by atoms with Crippen LogP contribution in [0.1, 0.15) is 84.6 Å². The van der Waals surface area contributed by atoms with Crippen molar-refractivity contribution in [1.82, 2.24) is 15.2 Å². The van der Waals surface area contributed by atoms with E-state index in [0.717, 1.165) is 41.8 Å². The lowest BCUT2D eigenvalue weighted by Gasteiger charge is -2.44. The molecule has 1 aliphatic carbocycles. The number of H-pyrrole nitrogens is 1. The van der Waals surface area contributed by atoms with Gasteiger partial charge in [-0.05, 0) is 108 Å². The molecule has 0 bridgehead atoms. The van der Waals surface area contributed by atoms with Crippen molar-refractivity contribution in [2.45, 2.75) is 90.8 Å². The molecule has 1 saturated carbocycles. The number of aromatic amines is 1. The van der Waals surface area contributed by atoms with Crippen LogP contribution in [0.2, 0.25) is 5.02 Å². The lowest BCUT2D eigenvalue weighted by Crippen LogP contribution is -2.46. The van der Waals surface area contributed by atoms with Crippen LogP contribution >= 0.6 is 11.6 Å². The Hall–Kier alpha value is -2.31. The second-order valence-electron chi connectivity index (χ2n) is 10.5. The summed E-state index contributed by atoms with van der Waals surface area (Å²) in [5.41, 5.74) is 4.45.